The average molecular weight is 354 g/mol. The van der Waals surface area contributed by atoms with Gasteiger partial charge in [-0.15, -0.1) is 0 Å². The summed E-state index contributed by atoms with van der Waals surface area (Å²) in [5.74, 6) is 0. The summed E-state index contributed by atoms with van der Waals surface area (Å²) in [6.45, 7) is 4.01. The van der Waals surface area contributed by atoms with E-state index in [1.807, 2.05) is 13.8 Å². The monoisotopic (exact) mass is 352 g/mol. The summed E-state index contributed by atoms with van der Waals surface area (Å²) in [4.78, 5) is 0.0367. The maximum Gasteiger partial charge on any atom is 0.242 e. The van der Waals surface area contributed by atoms with Crippen LogP contribution in [0, 0.1) is 0 Å². The molecule has 0 heterocycles. The molecule has 0 saturated heterocycles. The second-order valence-corrected chi connectivity index (χ2v) is 6.91. The topological polar surface area (TPSA) is 72.2 Å². The van der Waals surface area contributed by atoms with Crippen LogP contribution in [0.5, 0.6) is 0 Å². The highest BCUT2D eigenvalue weighted by Gasteiger charge is 2.19. The van der Waals surface area contributed by atoms with Crippen LogP contribution in [0.3, 0.4) is 0 Å². The molecule has 4 nitrogen and oxygen atoms in total. The molecule has 0 unspecified atom stereocenters. The largest absolute Gasteiger partial charge is 0.398 e. The molecule has 0 aliphatic heterocycles. The molecule has 0 saturated carbocycles. The van der Waals surface area contributed by atoms with Gasteiger partial charge in [-0.2, -0.15) is 0 Å². The highest BCUT2D eigenvalue weighted by molar-refractivity contribution is 9.10. The fraction of sp³-hybridized carbons (Fsp3) is 0.273. The molecular weight excluding hydrogens is 340 g/mol. The van der Waals surface area contributed by atoms with Crippen molar-refractivity contribution in [2.45, 2.75) is 18.7 Å². The van der Waals surface area contributed by atoms with Crippen LogP contribution in [-0.4, -0.2) is 15.0 Å². The second-order valence-electron chi connectivity index (χ2n) is 3.94. The Morgan fingerprint density at radius 2 is 2.11 bits per heavy atom. The highest BCUT2D eigenvalue weighted by Crippen LogP contribution is 2.31. The third-order valence-corrected chi connectivity index (χ3v) is 4.92. The van der Waals surface area contributed by atoms with Crippen LogP contribution in [0.15, 0.2) is 33.2 Å². The van der Waals surface area contributed by atoms with Crippen molar-refractivity contribution in [3.05, 3.63) is 33.3 Å². The lowest BCUT2D eigenvalue weighted by atomic mass is 10.3. The van der Waals surface area contributed by atoms with Crippen LogP contribution in [0.4, 0.5) is 5.69 Å². The van der Waals surface area contributed by atoms with Crippen LogP contribution in [0.25, 0.3) is 0 Å². The van der Waals surface area contributed by atoms with Crippen LogP contribution < -0.4 is 10.5 Å². The van der Waals surface area contributed by atoms with E-state index >= 15 is 0 Å². The van der Waals surface area contributed by atoms with E-state index in [4.69, 9.17) is 17.3 Å². The van der Waals surface area contributed by atoms with Gasteiger partial charge in [-0.3, -0.25) is 0 Å². The van der Waals surface area contributed by atoms with E-state index in [1.165, 1.54) is 12.1 Å². The summed E-state index contributed by atoms with van der Waals surface area (Å²) in [5.41, 5.74) is 6.97. The van der Waals surface area contributed by atoms with Gasteiger partial charge in [-0.1, -0.05) is 23.3 Å². The SMILES string of the molecule is CC(C)=CCNS(=O)(=O)c1cc(Cl)cc(N)c1Br. The number of sulfonamides is 1. The zero-order valence-electron chi connectivity index (χ0n) is 10.00. The zero-order chi connectivity index (χ0) is 13.9. The van der Waals surface area contributed by atoms with Crippen molar-refractivity contribution in [1.29, 1.82) is 0 Å². The molecular formula is C11H14BrClN2O2S. The van der Waals surface area contributed by atoms with Gasteiger partial charge in [0.1, 0.15) is 0 Å². The lowest BCUT2D eigenvalue weighted by molar-refractivity contribution is 0.585. The van der Waals surface area contributed by atoms with Gasteiger partial charge in [0, 0.05) is 17.3 Å². The van der Waals surface area contributed by atoms with E-state index in [0.29, 0.717) is 4.47 Å². The van der Waals surface area contributed by atoms with Crippen molar-refractivity contribution in [2.75, 3.05) is 12.3 Å². The van der Waals surface area contributed by atoms with Gasteiger partial charge in [0.15, 0.2) is 0 Å². The molecule has 3 N–H and O–H groups in total. The molecule has 0 fully saturated rings. The van der Waals surface area contributed by atoms with Crippen molar-refractivity contribution in [3.8, 4) is 0 Å². The Kier molecular flexibility index (Phi) is 5.21. The molecule has 1 rings (SSSR count). The molecule has 100 valence electrons. The number of hydrogen-bond acceptors (Lipinski definition) is 3. The Hall–Kier alpha value is -0.560. The van der Waals surface area contributed by atoms with Crippen LogP contribution >= 0.6 is 27.5 Å². The summed E-state index contributed by atoms with van der Waals surface area (Å²) in [5, 5.41) is 0.276. The number of nitrogen functional groups attached to an aromatic ring is 1. The second kappa shape index (κ2) is 6.06. The van der Waals surface area contributed by atoms with Crippen molar-refractivity contribution in [1.82, 2.24) is 4.72 Å². The Bertz CT molecular complexity index is 581. The quantitative estimate of drug-likeness (QED) is 0.646. The molecule has 1 aromatic rings. The first-order chi connectivity index (χ1) is 8.24. The first-order valence-electron chi connectivity index (χ1n) is 5.11. The standard InChI is InChI=1S/C11H14BrClN2O2S/c1-7(2)3-4-15-18(16,17)10-6-8(13)5-9(14)11(10)12/h3,5-6,15H,4,14H2,1-2H3. The summed E-state index contributed by atoms with van der Waals surface area (Å²) in [6.07, 6.45) is 1.78. The summed E-state index contributed by atoms with van der Waals surface area (Å²) in [7, 11) is -3.64. The Labute approximate surface area is 120 Å². The van der Waals surface area contributed by atoms with E-state index in [-0.39, 0.29) is 22.2 Å². The highest BCUT2D eigenvalue weighted by atomic mass is 79.9. The smallest absolute Gasteiger partial charge is 0.242 e. The first kappa shape index (κ1) is 15.5. The number of halogens is 2. The fourth-order valence-electron chi connectivity index (χ4n) is 1.21. The van der Waals surface area contributed by atoms with Crippen LogP contribution in [0.1, 0.15) is 13.8 Å². The van der Waals surface area contributed by atoms with Gasteiger partial charge in [-0.05, 0) is 41.9 Å². The average Bonchev–Trinajstić information content (AvgIpc) is 2.22. The third kappa shape index (κ3) is 3.98. The number of benzene rings is 1. The molecule has 0 aliphatic rings. The maximum absolute atomic E-state index is 12.1. The van der Waals surface area contributed by atoms with Crippen molar-refractivity contribution in [2.24, 2.45) is 0 Å². The molecule has 0 amide bonds. The van der Waals surface area contributed by atoms with E-state index < -0.39 is 10.0 Å². The van der Waals surface area contributed by atoms with Gasteiger partial charge < -0.3 is 5.73 Å². The predicted octanol–water partition coefficient (Wildman–Crippen LogP) is 2.93. The van der Waals surface area contributed by atoms with Crippen molar-refractivity contribution in [3.63, 3.8) is 0 Å². The van der Waals surface area contributed by atoms with Gasteiger partial charge in [0.2, 0.25) is 10.0 Å². The van der Waals surface area contributed by atoms with Gasteiger partial charge in [0.25, 0.3) is 0 Å². The summed E-state index contributed by atoms with van der Waals surface area (Å²) < 4.78 is 26.9. The summed E-state index contributed by atoms with van der Waals surface area (Å²) in [6, 6.07) is 2.84. The maximum atomic E-state index is 12.1. The molecule has 7 heteroatoms. The van der Waals surface area contributed by atoms with E-state index in [0.717, 1.165) is 5.57 Å². The summed E-state index contributed by atoms with van der Waals surface area (Å²) >= 11 is 8.96. The Balaban J connectivity index is 3.09. The van der Waals surface area contributed by atoms with Gasteiger partial charge in [-0.25, -0.2) is 13.1 Å². The molecule has 0 aliphatic carbocycles. The van der Waals surface area contributed by atoms with Crippen molar-refractivity contribution >= 4 is 43.2 Å². The lowest BCUT2D eigenvalue weighted by Crippen LogP contribution is -2.24. The van der Waals surface area contributed by atoms with Crippen LogP contribution in [0.2, 0.25) is 5.02 Å². The number of anilines is 1. The Morgan fingerprint density at radius 3 is 2.67 bits per heavy atom. The number of rotatable bonds is 4. The van der Waals surface area contributed by atoms with E-state index in [2.05, 4.69) is 20.7 Å². The van der Waals surface area contributed by atoms with Crippen LogP contribution in [-0.2, 0) is 10.0 Å². The first-order valence-corrected chi connectivity index (χ1v) is 7.77. The van der Waals surface area contributed by atoms with Gasteiger partial charge >= 0.3 is 0 Å². The molecule has 0 aromatic heterocycles. The van der Waals surface area contributed by atoms with E-state index in [9.17, 15) is 8.42 Å². The predicted molar refractivity (Wildman–Crippen MR) is 78.2 cm³/mol. The Morgan fingerprint density at radius 1 is 1.50 bits per heavy atom. The number of hydrogen-bond donors (Lipinski definition) is 2. The molecule has 1 aromatic carbocycles. The number of nitrogens with two attached hydrogens (primary N) is 1. The minimum Gasteiger partial charge on any atom is -0.398 e. The van der Waals surface area contributed by atoms with Gasteiger partial charge in [0.05, 0.1) is 9.37 Å². The molecule has 0 bridgehead atoms. The minimum absolute atomic E-state index is 0.0367. The lowest BCUT2D eigenvalue weighted by Gasteiger charge is -2.09. The number of nitrogens with one attached hydrogen (secondary N) is 1. The fourth-order valence-corrected chi connectivity index (χ4v) is 3.47. The minimum atomic E-state index is -3.64. The molecule has 18 heavy (non-hydrogen) atoms. The molecule has 0 spiro atoms. The normalized spacial score (nSPS) is 11.3. The van der Waals surface area contributed by atoms with Crippen molar-refractivity contribution < 1.29 is 8.42 Å². The molecule has 0 atom stereocenters. The molecule has 0 radical (unpaired) electrons. The third-order valence-electron chi connectivity index (χ3n) is 2.11. The van der Waals surface area contributed by atoms with E-state index in [1.54, 1.807) is 6.08 Å². The zero-order valence-corrected chi connectivity index (χ0v) is 13.2. The number of allylic oxidation sites excluding steroid dienone is 1.